The molecule has 0 aromatic rings. The molecule has 1 rings (SSSR count). The van der Waals surface area contributed by atoms with Crippen molar-refractivity contribution in [2.24, 2.45) is 5.92 Å². The molecule has 1 aliphatic carbocycles. The van der Waals surface area contributed by atoms with Crippen molar-refractivity contribution in [3.05, 3.63) is 0 Å². The molecule has 0 spiro atoms. The van der Waals surface area contributed by atoms with Gasteiger partial charge in [-0.15, -0.1) is 0 Å². The van der Waals surface area contributed by atoms with Crippen molar-refractivity contribution in [1.82, 2.24) is 0 Å². The summed E-state index contributed by atoms with van der Waals surface area (Å²) in [5.41, 5.74) is -3.84. The highest BCUT2D eigenvalue weighted by molar-refractivity contribution is 7.53. The van der Waals surface area contributed by atoms with Gasteiger partial charge in [0.1, 0.15) is 0 Å². The molecule has 84 valence electrons. The minimum Gasteiger partial charge on any atom is -0.320 e. The standard InChI is InChI=1S/C8H15F2O3P/c9-8(10,14(11,12)13)6-7-4-2-1-3-5-7/h7H,1-6H2,(H2,11,12,13). The van der Waals surface area contributed by atoms with E-state index in [2.05, 4.69) is 0 Å². The summed E-state index contributed by atoms with van der Waals surface area (Å²) in [5, 5.41) is 0. The summed E-state index contributed by atoms with van der Waals surface area (Å²) in [6.07, 6.45) is 3.48. The molecule has 0 aliphatic heterocycles. The maximum absolute atomic E-state index is 13.0. The summed E-state index contributed by atoms with van der Waals surface area (Å²) in [5.74, 6) is -0.230. The lowest BCUT2D eigenvalue weighted by molar-refractivity contribution is 0.0279. The molecule has 0 aromatic carbocycles. The minimum atomic E-state index is -5.27. The van der Waals surface area contributed by atoms with Crippen LogP contribution in [0.5, 0.6) is 0 Å². The van der Waals surface area contributed by atoms with E-state index in [1.165, 1.54) is 0 Å². The van der Waals surface area contributed by atoms with E-state index in [1.807, 2.05) is 0 Å². The van der Waals surface area contributed by atoms with Gasteiger partial charge < -0.3 is 9.79 Å². The van der Waals surface area contributed by atoms with E-state index in [0.29, 0.717) is 12.8 Å². The van der Waals surface area contributed by atoms with Crippen LogP contribution in [0.25, 0.3) is 0 Å². The Kier molecular flexibility index (Phi) is 3.67. The van der Waals surface area contributed by atoms with Crippen LogP contribution >= 0.6 is 7.60 Å². The first-order valence-electron chi connectivity index (χ1n) is 4.76. The van der Waals surface area contributed by atoms with Gasteiger partial charge in [-0.2, -0.15) is 8.78 Å². The van der Waals surface area contributed by atoms with Crippen LogP contribution in [-0.2, 0) is 4.57 Å². The first kappa shape index (κ1) is 12.1. The van der Waals surface area contributed by atoms with Crippen LogP contribution in [-0.4, -0.2) is 15.5 Å². The van der Waals surface area contributed by atoms with Crippen LogP contribution < -0.4 is 0 Å². The predicted octanol–water partition coefficient (Wildman–Crippen LogP) is 2.73. The Balaban J connectivity index is 2.53. The first-order valence-corrected chi connectivity index (χ1v) is 6.37. The van der Waals surface area contributed by atoms with Gasteiger partial charge in [-0.1, -0.05) is 32.1 Å². The molecule has 0 unspecified atom stereocenters. The second-order valence-corrected chi connectivity index (χ2v) is 5.66. The van der Waals surface area contributed by atoms with Crippen molar-refractivity contribution in [2.45, 2.75) is 44.2 Å². The molecule has 0 aromatic heterocycles. The fourth-order valence-corrected chi connectivity index (χ4v) is 2.35. The number of halogens is 2. The first-order chi connectivity index (χ1) is 6.33. The van der Waals surface area contributed by atoms with E-state index in [1.54, 1.807) is 0 Å². The molecule has 1 aliphatic rings. The van der Waals surface area contributed by atoms with Gasteiger partial charge in [0.05, 0.1) is 0 Å². The van der Waals surface area contributed by atoms with Crippen LogP contribution in [0.4, 0.5) is 8.78 Å². The molecule has 14 heavy (non-hydrogen) atoms. The van der Waals surface area contributed by atoms with Crippen molar-refractivity contribution in [3.63, 3.8) is 0 Å². The molecule has 0 amide bonds. The largest absolute Gasteiger partial charge is 0.394 e. The summed E-state index contributed by atoms with van der Waals surface area (Å²) >= 11 is 0. The van der Waals surface area contributed by atoms with Gasteiger partial charge in [0, 0.05) is 6.42 Å². The Morgan fingerprint density at radius 3 is 2.14 bits per heavy atom. The predicted molar refractivity (Wildman–Crippen MR) is 48.2 cm³/mol. The van der Waals surface area contributed by atoms with Crippen molar-refractivity contribution < 1.29 is 23.1 Å². The molecular formula is C8H15F2O3P. The lowest BCUT2D eigenvalue weighted by atomic mass is 9.87. The van der Waals surface area contributed by atoms with E-state index in [9.17, 15) is 13.3 Å². The SMILES string of the molecule is O=P(O)(O)C(F)(F)CC1CCCCC1. The highest BCUT2D eigenvalue weighted by Gasteiger charge is 2.49. The Bertz CT molecular complexity index is 233. The van der Waals surface area contributed by atoms with E-state index >= 15 is 0 Å². The van der Waals surface area contributed by atoms with Crippen LogP contribution in [0.3, 0.4) is 0 Å². The monoisotopic (exact) mass is 228 g/mol. The lowest BCUT2D eigenvalue weighted by Crippen LogP contribution is -2.22. The van der Waals surface area contributed by atoms with Gasteiger partial charge in [-0.25, -0.2) is 0 Å². The van der Waals surface area contributed by atoms with Gasteiger partial charge in [-0.05, 0) is 5.92 Å². The molecule has 3 nitrogen and oxygen atoms in total. The molecule has 1 saturated carbocycles. The van der Waals surface area contributed by atoms with Gasteiger partial charge in [0.25, 0.3) is 0 Å². The van der Waals surface area contributed by atoms with Crippen molar-refractivity contribution in [3.8, 4) is 0 Å². The van der Waals surface area contributed by atoms with Gasteiger partial charge >= 0.3 is 13.3 Å². The topological polar surface area (TPSA) is 57.5 Å². The molecule has 1 fully saturated rings. The van der Waals surface area contributed by atoms with Gasteiger partial charge in [0.2, 0.25) is 0 Å². The molecule has 0 atom stereocenters. The normalized spacial score (nSPS) is 21.1. The zero-order valence-electron chi connectivity index (χ0n) is 7.83. The second-order valence-electron chi connectivity index (χ2n) is 3.92. The van der Waals surface area contributed by atoms with Gasteiger partial charge in [-0.3, -0.25) is 4.57 Å². The minimum absolute atomic E-state index is 0.230. The van der Waals surface area contributed by atoms with Crippen molar-refractivity contribution in [2.75, 3.05) is 0 Å². The van der Waals surface area contributed by atoms with Crippen molar-refractivity contribution >= 4 is 7.60 Å². The van der Waals surface area contributed by atoms with Crippen LogP contribution in [0.1, 0.15) is 38.5 Å². The molecule has 2 N–H and O–H groups in total. The molecule has 0 saturated heterocycles. The average Bonchev–Trinajstić information content (AvgIpc) is 2.03. The lowest BCUT2D eigenvalue weighted by Gasteiger charge is -2.26. The highest BCUT2D eigenvalue weighted by atomic mass is 31.2. The highest BCUT2D eigenvalue weighted by Crippen LogP contribution is 2.56. The Morgan fingerprint density at radius 1 is 1.21 bits per heavy atom. The number of hydrogen-bond acceptors (Lipinski definition) is 1. The third-order valence-corrected chi connectivity index (χ3v) is 3.72. The van der Waals surface area contributed by atoms with E-state index in [4.69, 9.17) is 9.79 Å². The maximum atomic E-state index is 13.0. The second kappa shape index (κ2) is 4.25. The van der Waals surface area contributed by atoms with E-state index in [0.717, 1.165) is 19.3 Å². The third-order valence-electron chi connectivity index (χ3n) is 2.69. The number of rotatable bonds is 3. The smallest absolute Gasteiger partial charge is 0.320 e. The molecule has 0 heterocycles. The van der Waals surface area contributed by atoms with Crippen molar-refractivity contribution in [1.29, 1.82) is 0 Å². The zero-order valence-corrected chi connectivity index (χ0v) is 8.72. The summed E-state index contributed by atoms with van der Waals surface area (Å²) in [6, 6.07) is 0. The maximum Gasteiger partial charge on any atom is 0.394 e. The van der Waals surface area contributed by atoms with Gasteiger partial charge in [0.15, 0.2) is 0 Å². The van der Waals surface area contributed by atoms with Crippen LogP contribution in [0.2, 0.25) is 0 Å². The zero-order chi connectivity index (χ0) is 10.8. The van der Waals surface area contributed by atoms with E-state index < -0.39 is 19.7 Å². The summed E-state index contributed by atoms with van der Waals surface area (Å²) < 4.78 is 36.4. The summed E-state index contributed by atoms with van der Waals surface area (Å²) in [7, 11) is -5.27. The molecule has 0 radical (unpaired) electrons. The average molecular weight is 228 g/mol. The Labute approximate surface area is 81.7 Å². The van der Waals surface area contributed by atoms with Crippen LogP contribution in [0, 0.1) is 5.92 Å². The molecular weight excluding hydrogens is 213 g/mol. The quantitative estimate of drug-likeness (QED) is 0.730. The molecule has 0 bridgehead atoms. The Hall–Kier alpha value is 0.01000. The number of hydrogen-bond donors (Lipinski definition) is 2. The van der Waals surface area contributed by atoms with Crippen LogP contribution in [0.15, 0.2) is 0 Å². The fourth-order valence-electron chi connectivity index (χ4n) is 1.86. The fraction of sp³-hybridized carbons (Fsp3) is 1.00. The number of alkyl halides is 2. The summed E-state index contributed by atoms with van der Waals surface area (Å²) in [4.78, 5) is 16.9. The van der Waals surface area contributed by atoms with E-state index in [-0.39, 0.29) is 5.92 Å². The third kappa shape index (κ3) is 3.01. The summed E-state index contributed by atoms with van der Waals surface area (Å²) in [6.45, 7) is 0. The molecule has 6 heteroatoms. The Morgan fingerprint density at radius 2 is 1.71 bits per heavy atom.